The Bertz CT molecular complexity index is 1050. The molecule has 3 aromatic rings. The van der Waals surface area contributed by atoms with E-state index in [0.29, 0.717) is 23.1 Å². The van der Waals surface area contributed by atoms with E-state index in [2.05, 4.69) is 30.8 Å². The number of H-pyrrole nitrogens is 1. The number of amides is 2. The summed E-state index contributed by atoms with van der Waals surface area (Å²) in [5, 5.41) is 13.0. The summed E-state index contributed by atoms with van der Waals surface area (Å²) in [6, 6.07) is 8.36. The molecule has 0 saturated carbocycles. The van der Waals surface area contributed by atoms with Gasteiger partial charge in [0, 0.05) is 47.4 Å². The van der Waals surface area contributed by atoms with Gasteiger partial charge in [-0.2, -0.15) is 5.10 Å². The summed E-state index contributed by atoms with van der Waals surface area (Å²) in [4.78, 5) is 33.4. The molecule has 10 heteroatoms. The molecule has 1 aliphatic heterocycles. The van der Waals surface area contributed by atoms with Crippen molar-refractivity contribution in [1.82, 2.24) is 20.2 Å². The fraction of sp³-hybridized carbons (Fsp3) is 0.250. The highest BCUT2D eigenvalue weighted by atomic mass is 35.5. The molecule has 0 bridgehead atoms. The summed E-state index contributed by atoms with van der Waals surface area (Å²) in [6.45, 7) is 1.39. The van der Waals surface area contributed by atoms with Crippen LogP contribution < -0.4 is 10.6 Å². The number of aromatic amines is 1. The van der Waals surface area contributed by atoms with Gasteiger partial charge < -0.3 is 15.4 Å². The van der Waals surface area contributed by atoms with Crippen molar-refractivity contribution < 1.29 is 14.3 Å². The molecule has 1 aromatic carbocycles. The summed E-state index contributed by atoms with van der Waals surface area (Å²) < 4.78 is 5.49. The number of ether oxygens (including phenoxy) is 1. The summed E-state index contributed by atoms with van der Waals surface area (Å²) in [7, 11) is 0. The number of halogens is 1. The first-order valence-electron chi connectivity index (χ1n) is 9.42. The van der Waals surface area contributed by atoms with Crippen molar-refractivity contribution in [3.63, 3.8) is 0 Å². The van der Waals surface area contributed by atoms with Gasteiger partial charge in [-0.3, -0.25) is 14.7 Å². The minimum absolute atomic E-state index is 0.0959. The van der Waals surface area contributed by atoms with Crippen LogP contribution in [0.2, 0.25) is 5.02 Å². The van der Waals surface area contributed by atoms with Gasteiger partial charge in [0.05, 0.1) is 6.61 Å². The first kappa shape index (κ1) is 20.0. The Morgan fingerprint density at radius 1 is 1.07 bits per heavy atom. The molecule has 0 spiro atoms. The molecule has 0 radical (unpaired) electrons. The van der Waals surface area contributed by atoms with E-state index in [0.717, 1.165) is 25.1 Å². The minimum atomic E-state index is -0.581. The van der Waals surface area contributed by atoms with Gasteiger partial charge in [-0.05, 0) is 37.1 Å². The highest BCUT2D eigenvalue weighted by molar-refractivity contribution is 6.30. The van der Waals surface area contributed by atoms with E-state index in [4.69, 9.17) is 16.3 Å². The molecule has 3 N–H and O–H groups in total. The van der Waals surface area contributed by atoms with E-state index < -0.39 is 11.8 Å². The maximum atomic E-state index is 12.7. The molecule has 154 valence electrons. The van der Waals surface area contributed by atoms with E-state index in [1.807, 2.05) is 0 Å². The average Bonchev–Trinajstić information content (AvgIpc) is 3.24. The predicted octanol–water partition coefficient (Wildman–Crippen LogP) is 3.25. The Labute approximate surface area is 177 Å². The lowest BCUT2D eigenvalue weighted by Gasteiger charge is -2.20. The van der Waals surface area contributed by atoms with Crippen LogP contribution in [-0.2, 0) is 4.74 Å². The molecule has 2 aromatic heterocycles. The van der Waals surface area contributed by atoms with Gasteiger partial charge in [-0.1, -0.05) is 11.6 Å². The molecular formula is C20H19ClN6O3. The van der Waals surface area contributed by atoms with Crippen molar-refractivity contribution in [2.45, 2.75) is 18.8 Å². The zero-order valence-electron chi connectivity index (χ0n) is 15.9. The Kier molecular flexibility index (Phi) is 6.01. The lowest BCUT2D eigenvalue weighted by molar-refractivity contribution is 0.0793. The Balaban J connectivity index is 1.47. The van der Waals surface area contributed by atoms with Gasteiger partial charge in [-0.15, -0.1) is 0 Å². The second-order valence-electron chi connectivity index (χ2n) is 6.79. The van der Waals surface area contributed by atoms with E-state index in [9.17, 15) is 9.59 Å². The Morgan fingerprint density at radius 2 is 1.77 bits per heavy atom. The van der Waals surface area contributed by atoms with E-state index >= 15 is 0 Å². The molecule has 4 rings (SSSR count). The smallest absolute Gasteiger partial charge is 0.277 e. The number of hydrogen-bond acceptors (Lipinski definition) is 6. The van der Waals surface area contributed by atoms with Crippen LogP contribution in [0.1, 0.15) is 45.4 Å². The first-order valence-corrected chi connectivity index (χ1v) is 9.80. The monoisotopic (exact) mass is 426 g/mol. The maximum absolute atomic E-state index is 12.7. The van der Waals surface area contributed by atoms with Gasteiger partial charge in [0.2, 0.25) is 0 Å². The molecule has 0 aliphatic carbocycles. The van der Waals surface area contributed by atoms with Crippen LogP contribution in [0.25, 0.3) is 0 Å². The van der Waals surface area contributed by atoms with Crippen LogP contribution in [0, 0.1) is 0 Å². The highest BCUT2D eigenvalue weighted by Gasteiger charge is 2.22. The molecule has 1 unspecified atom stereocenters. The van der Waals surface area contributed by atoms with Gasteiger partial charge in [-0.25, -0.2) is 9.97 Å². The van der Waals surface area contributed by atoms with Gasteiger partial charge >= 0.3 is 0 Å². The number of nitrogens with zero attached hydrogens (tertiary/aromatic N) is 3. The molecule has 2 amide bonds. The van der Waals surface area contributed by atoms with E-state index in [1.54, 1.807) is 30.3 Å². The zero-order chi connectivity index (χ0) is 20.9. The number of nitrogens with one attached hydrogen (secondary N) is 3. The summed E-state index contributed by atoms with van der Waals surface area (Å²) in [5.41, 5.74) is 1.22. The number of hydrogen-bond donors (Lipinski definition) is 3. The third kappa shape index (κ3) is 4.64. The fourth-order valence-electron chi connectivity index (χ4n) is 3.17. The van der Waals surface area contributed by atoms with Crippen LogP contribution in [0.4, 0.5) is 11.5 Å². The van der Waals surface area contributed by atoms with E-state index in [-0.39, 0.29) is 17.3 Å². The van der Waals surface area contributed by atoms with Crippen LogP contribution in [0.15, 0.2) is 42.7 Å². The topological polar surface area (TPSA) is 122 Å². The van der Waals surface area contributed by atoms with Crippen molar-refractivity contribution in [1.29, 1.82) is 0 Å². The third-order valence-corrected chi connectivity index (χ3v) is 4.92. The zero-order valence-corrected chi connectivity index (χ0v) is 16.6. The van der Waals surface area contributed by atoms with Gasteiger partial charge in [0.15, 0.2) is 17.2 Å². The lowest BCUT2D eigenvalue weighted by Crippen LogP contribution is -2.23. The largest absolute Gasteiger partial charge is 0.381 e. The molecule has 30 heavy (non-hydrogen) atoms. The quantitative estimate of drug-likeness (QED) is 0.575. The molecular weight excluding hydrogens is 408 g/mol. The van der Waals surface area contributed by atoms with Crippen LogP contribution in [0.5, 0.6) is 0 Å². The maximum Gasteiger partial charge on any atom is 0.277 e. The van der Waals surface area contributed by atoms with Gasteiger partial charge in [0.1, 0.15) is 0 Å². The third-order valence-electron chi connectivity index (χ3n) is 4.67. The normalized spacial score (nSPS) is 16.1. The van der Waals surface area contributed by atoms with Crippen LogP contribution in [-0.4, -0.2) is 45.2 Å². The fourth-order valence-corrected chi connectivity index (χ4v) is 3.29. The second-order valence-corrected chi connectivity index (χ2v) is 7.23. The number of aromatic nitrogens is 4. The molecule has 1 fully saturated rings. The molecule has 1 aliphatic rings. The second kappa shape index (κ2) is 9.02. The Hall–Kier alpha value is -3.30. The number of benzene rings is 1. The number of carbonyl (C=O) groups excluding carboxylic acids is 2. The van der Waals surface area contributed by atoms with Crippen LogP contribution >= 0.6 is 11.6 Å². The number of carbonyl (C=O) groups is 2. The van der Waals surface area contributed by atoms with Crippen molar-refractivity contribution in [3.05, 3.63) is 64.8 Å². The SMILES string of the molecule is O=C(Nc1ccc(Cl)cc1)c1nccnc1C(=O)Nc1cc(C2CCCOC2)[nH]n1. The minimum Gasteiger partial charge on any atom is -0.381 e. The standard InChI is InChI=1S/C20H19ClN6O3/c21-13-3-5-14(6-4-13)24-19(28)17-18(23-8-7-22-17)20(29)25-16-10-15(26-27-16)12-2-1-9-30-11-12/h3-8,10,12H,1-2,9,11H2,(H,24,28)(H2,25,26,27,29). The molecule has 1 atom stereocenters. The molecule has 3 heterocycles. The summed E-state index contributed by atoms with van der Waals surface area (Å²) in [5.74, 6) is -0.579. The predicted molar refractivity (Wildman–Crippen MR) is 111 cm³/mol. The van der Waals surface area contributed by atoms with Crippen LogP contribution in [0.3, 0.4) is 0 Å². The van der Waals surface area contributed by atoms with Crippen molar-refractivity contribution in [3.8, 4) is 0 Å². The summed E-state index contributed by atoms with van der Waals surface area (Å²) >= 11 is 5.86. The number of rotatable bonds is 5. The highest BCUT2D eigenvalue weighted by Crippen LogP contribution is 2.25. The van der Waals surface area contributed by atoms with Crippen molar-refractivity contribution in [2.75, 3.05) is 23.8 Å². The van der Waals surface area contributed by atoms with Gasteiger partial charge in [0.25, 0.3) is 11.8 Å². The average molecular weight is 427 g/mol. The first-order chi connectivity index (χ1) is 14.6. The van der Waals surface area contributed by atoms with Crippen molar-refractivity contribution in [2.24, 2.45) is 0 Å². The summed E-state index contributed by atoms with van der Waals surface area (Å²) in [6.07, 6.45) is 4.68. The Morgan fingerprint density at radius 3 is 2.43 bits per heavy atom. The molecule has 1 saturated heterocycles. The lowest BCUT2D eigenvalue weighted by atomic mass is 9.99. The number of anilines is 2. The van der Waals surface area contributed by atoms with Crippen molar-refractivity contribution >= 4 is 34.9 Å². The van der Waals surface area contributed by atoms with E-state index in [1.165, 1.54) is 12.4 Å². The molecule has 9 nitrogen and oxygen atoms in total.